The van der Waals surface area contributed by atoms with Crippen molar-refractivity contribution in [1.29, 1.82) is 0 Å². The van der Waals surface area contributed by atoms with Gasteiger partial charge in [-0.2, -0.15) is 0 Å². The first kappa shape index (κ1) is 13.2. The summed E-state index contributed by atoms with van der Waals surface area (Å²) in [6.07, 6.45) is -2.67. The van der Waals surface area contributed by atoms with E-state index in [0.29, 0.717) is 26.2 Å². The van der Waals surface area contributed by atoms with Crippen LogP contribution in [0.3, 0.4) is 0 Å². The summed E-state index contributed by atoms with van der Waals surface area (Å²) in [5, 5.41) is 12.7. The Balaban J connectivity index is 2.31. The van der Waals surface area contributed by atoms with Gasteiger partial charge >= 0.3 is 0 Å². The quantitative estimate of drug-likeness (QED) is 0.869. The van der Waals surface area contributed by atoms with Gasteiger partial charge in [0.1, 0.15) is 6.04 Å². The number of hydrogen-bond acceptors (Lipinski definition) is 3. The van der Waals surface area contributed by atoms with Crippen molar-refractivity contribution in [2.24, 2.45) is 0 Å². The second-order valence-corrected chi connectivity index (χ2v) is 4.24. The molecule has 1 fully saturated rings. The maximum atomic E-state index is 13.2. The Morgan fingerprint density at radius 3 is 2.50 bits per heavy atom. The number of benzene rings is 1. The Bertz CT molecular complexity index is 408. The third kappa shape index (κ3) is 2.59. The molecule has 1 aromatic rings. The van der Waals surface area contributed by atoms with Crippen LogP contribution in [0.4, 0.5) is 13.2 Å². The van der Waals surface area contributed by atoms with Crippen LogP contribution in [0.5, 0.6) is 5.75 Å². The van der Waals surface area contributed by atoms with Crippen molar-refractivity contribution in [2.75, 3.05) is 26.2 Å². The van der Waals surface area contributed by atoms with E-state index in [1.165, 1.54) is 12.1 Å². The van der Waals surface area contributed by atoms with E-state index >= 15 is 0 Å². The highest BCUT2D eigenvalue weighted by atomic mass is 19.3. The second kappa shape index (κ2) is 5.58. The zero-order valence-electron chi connectivity index (χ0n) is 9.74. The van der Waals surface area contributed by atoms with Gasteiger partial charge in [-0.05, 0) is 6.07 Å². The van der Waals surface area contributed by atoms with Gasteiger partial charge in [0.15, 0.2) is 11.6 Å². The summed E-state index contributed by atoms with van der Waals surface area (Å²) in [6.45, 7) is 2.12. The Morgan fingerprint density at radius 2 is 1.89 bits per heavy atom. The zero-order valence-corrected chi connectivity index (χ0v) is 9.74. The third-order valence-corrected chi connectivity index (χ3v) is 3.12. The average molecular weight is 260 g/mol. The highest BCUT2D eigenvalue weighted by molar-refractivity contribution is 5.36. The maximum Gasteiger partial charge on any atom is 0.258 e. The van der Waals surface area contributed by atoms with Gasteiger partial charge in [0.2, 0.25) is 0 Å². The molecule has 1 aromatic carbocycles. The van der Waals surface area contributed by atoms with Crippen molar-refractivity contribution in [3.05, 3.63) is 29.6 Å². The van der Waals surface area contributed by atoms with Crippen LogP contribution >= 0.6 is 0 Å². The van der Waals surface area contributed by atoms with Gasteiger partial charge < -0.3 is 10.4 Å². The van der Waals surface area contributed by atoms with Gasteiger partial charge in [-0.3, -0.25) is 4.90 Å². The number of aromatic hydroxyl groups is 1. The molecule has 1 aliphatic rings. The highest BCUT2D eigenvalue weighted by Crippen LogP contribution is 2.34. The number of phenolic OH excluding ortho intramolecular Hbond substituents is 1. The van der Waals surface area contributed by atoms with Crippen LogP contribution in [0.1, 0.15) is 11.6 Å². The fourth-order valence-corrected chi connectivity index (χ4v) is 2.22. The maximum absolute atomic E-state index is 13.2. The lowest BCUT2D eigenvalue weighted by Crippen LogP contribution is -2.46. The van der Waals surface area contributed by atoms with Crippen LogP contribution in [-0.2, 0) is 0 Å². The molecule has 0 spiro atoms. The fraction of sp³-hybridized carbons (Fsp3) is 0.500. The van der Waals surface area contributed by atoms with Gasteiger partial charge in [0.25, 0.3) is 6.43 Å². The van der Waals surface area contributed by atoms with Gasteiger partial charge in [0.05, 0.1) is 0 Å². The number of halogens is 3. The van der Waals surface area contributed by atoms with E-state index in [-0.39, 0.29) is 5.56 Å². The number of rotatable bonds is 3. The van der Waals surface area contributed by atoms with E-state index in [2.05, 4.69) is 5.32 Å². The number of hydrogen-bond donors (Lipinski definition) is 2. The first-order valence-corrected chi connectivity index (χ1v) is 5.81. The summed E-state index contributed by atoms with van der Waals surface area (Å²) in [5.41, 5.74) is -0.0492. The Labute approximate surface area is 103 Å². The Kier molecular flexibility index (Phi) is 4.08. The minimum absolute atomic E-state index is 0.0492. The minimum Gasteiger partial charge on any atom is -0.505 e. The molecule has 100 valence electrons. The van der Waals surface area contributed by atoms with Gasteiger partial charge in [-0.25, -0.2) is 13.2 Å². The van der Waals surface area contributed by atoms with Crippen LogP contribution in [0.25, 0.3) is 0 Å². The van der Waals surface area contributed by atoms with Crippen LogP contribution in [0.15, 0.2) is 18.2 Å². The molecule has 0 bridgehead atoms. The molecular formula is C12H15F3N2O. The molecule has 0 aliphatic carbocycles. The van der Waals surface area contributed by atoms with E-state index < -0.39 is 24.0 Å². The molecular weight excluding hydrogens is 245 g/mol. The number of piperazine rings is 1. The highest BCUT2D eigenvalue weighted by Gasteiger charge is 2.32. The van der Waals surface area contributed by atoms with Crippen LogP contribution in [0, 0.1) is 5.82 Å². The third-order valence-electron chi connectivity index (χ3n) is 3.12. The average Bonchev–Trinajstić information content (AvgIpc) is 2.36. The Morgan fingerprint density at radius 1 is 1.22 bits per heavy atom. The van der Waals surface area contributed by atoms with Crippen molar-refractivity contribution in [2.45, 2.75) is 12.5 Å². The lowest BCUT2D eigenvalue weighted by Gasteiger charge is -2.34. The van der Waals surface area contributed by atoms with Gasteiger partial charge in [-0.1, -0.05) is 12.1 Å². The summed E-state index contributed by atoms with van der Waals surface area (Å²) >= 11 is 0. The minimum atomic E-state index is -2.67. The largest absolute Gasteiger partial charge is 0.505 e. The van der Waals surface area contributed by atoms with E-state index in [0.717, 1.165) is 6.07 Å². The zero-order chi connectivity index (χ0) is 13.1. The molecule has 0 saturated carbocycles. The molecule has 0 amide bonds. The van der Waals surface area contributed by atoms with Gasteiger partial charge in [-0.15, -0.1) is 0 Å². The van der Waals surface area contributed by atoms with E-state index in [1.54, 1.807) is 4.90 Å². The second-order valence-electron chi connectivity index (χ2n) is 4.24. The summed E-state index contributed by atoms with van der Waals surface area (Å²) in [4.78, 5) is 1.57. The monoisotopic (exact) mass is 260 g/mol. The van der Waals surface area contributed by atoms with Crippen molar-refractivity contribution in [3.8, 4) is 5.75 Å². The molecule has 0 unspecified atom stereocenters. The van der Waals surface area contributed by atoms with E-state index in [4.69, 9.17) is 0 Å². The van der Waals surface area contributed by atoms with Crippen molar-refractivity contribution in [1.82, 2.24) is 10.2 Å². The molecule has 1 saturated heterocycles. The number of para-hydroxylation sites is 1. The summed E-state index contributed by atoms with van der Waals surface area (Å²) in [6, 6.07) is 2.47. The Hall–Kier alpha value is -1.27. The molecule has 2 N–H and O–H groups in total. The molecule has 1 heterocycles. The lowest BCUT2D eigenvalue weighted by atomic mass is 10.0. The van der Waals surface area contributed by atoms with E-state index in [9.17, 15) is 18.3 Å². The van der Waals surface area contributed by atoms with Gasteiger partial charge in [0, 0.05) is 31.7 Å². The van der Waals surface area contributed by atoms with Crippen molar-refractivity contribution < 1.29 is 18.3 Å². The molecule has 0 radical (unpaired) electrons. The van der Waals surface area contributed by atoms with Crippen molar-refractivity contribution >= 4 is 0 Å². The topological polar surface area (TPSA) is 35.5 Å². The SMILES string of the molecule is Oc1c(F)cccc1[C@H](C(F)F)N1CCNCC1. The standard InChI is InChI=1S/C12H15F3N2O/c13-9-3-1-2-8(11(9)18)10(12(14)15)17-6-4-16-5-7-17/h1-3,10,12,16,18H,4-7H2/t10-/m1/s1. The van der Waals surface area contributed by atoms with Crippen LogP contribution in [0.2, 0.25) is 0 Å². The van der Waals surface area contributed by atoms with E-state index in [1.807, 2.05) is 0 Å². The lowest BCUT2D eigenvalue weighted by molar-refractivity contribution is 0.0168. The molecule has 0 aromatic heterocycles. The molecule has 3 nitrogen and oxygen atoms in total. The van der Waals surface area contributed by atoms with Crippen molar-refractivity contribution in [3.63, 3.8) is 0 Å². The normalized spacial score (nSPS) is 19.1. The number of phenols is 1. The molecule has 1 atom stereocenters. The number of nitrogens with zero attached hydrogens (tertiary/aromatic N) is 1. The number of alkyl halides is 2. The first-order valence-electron chi connectivity index (χ1n) is 5.81. The van der Waals surface area contributed by atoms with Crippen LogP contribution < -0.4 is 5.32 Å². The number of nitrogens with one attached hydrogen (secondary N) is 1. The fourth-order valence-electron chi connectivity index (χ4n) is 2.22. The molecule has 1 aliphatic heterocycles. The molecule has 6 heteroatoms. The summed E-state index contributed by atoms with van der Waals surface area (Å²) in [7, 11) is 0. The summed E-state index contributed by atoms with van der Waals surface area (Å²) in [5.74, 6) is -1.55. The van der Waals surface area contributed by atoms with Crippen LogP contribution in [-0.4, -0.2) is 42.6 Å². The summed E-state index contributed by atoms with van der Waals surface area (Å²) < 4.78 is 39.6. The predicted molar refractivity (Wildman–Crippen MR) is 61.3 cm³/mol. The predicted octanol–water partition coefficient (Wildman–Crippen LogP) is 1.74. The molecule has 18 heavy (non-hydrogen) atoms. The molecule has 2 rings (SSSR count). The smallest absolute Gasteiger partial charge is 0.258 e. The first-order chi connectivity index (χ1) is 8.61.